The molecule has 0 N–H and O–H groups in total. The lowest BCUT2D eigenvalue weighted by molar-refractivity contribution is -0.137. The number of hydrogen-bond acceptors (Lipinski definition) is 7. The number of alkyl halides is 3. The average Bonchev–Trinajstić information content (AvgIpc) is 2.71. The van der Waals surface area contributed by atoms with Crippen molar-refractivity contribution in [2.45, 2.75) is 32.9 Å². The van der Waals surface area contributed by atoms with Crippen molar-refractivity contribution in [1.82, 2.24) is 4.90 Å². The highest BCUT2D eigenvalue weighted by molar-refractivity contribution is 5.65. The van der Waals surface area contributed by atoms with Crippen LogP contribution < -0.4 is 0 Å². The lowest BCUT2D eigenvalue weighted by Crippen LogP contribution is -2.32. The Morgan fingerprint density at radius 1 is 0.933 bits per heavy atom. The van der Waals surface area contributed by atoms with E-state index in [0.29, 0.717) is 23.5 Å². The summed E-state index contributed by atoms with van der Waals surface area (Å²) in [5, 5.41) is 0. The van der Waals surface area contributed by atoms with Crippen molar-refractivity contribution >= 4 is 12.3 Å². The zero-order valence-corrected chi connectivity index (χ0v) is 17.1. The van der Waals surface area contributed by atoms with Gasteiger partial charge in [-0.2, -0.15) is 13.2 Å². The van der Waals surface area contributed by atoms with Crippen molar-refractivity contribution in [2.24, 2.45) is 0 Å². The van der Waals surface area contributed by atoms with Gasteiger partial charge in [0.05, 0.1) is 31.2 Å². The molecule has 0 spiro atoms. The van der Waals surface area contributed by atoms with E-state index < -0.39 is 30.0 Å². The molecular weight excluding hydrogens is 407 g/mol. The lowest BCUT2D eigenvalue weighted by atomic mass is 9.89. The summed E-state index contributed by atoms with van der Waals surface area (Å²) in [5.41, 5.74) is 0.504. The van der Waals surface area contributed by atoms with Gasteiger partial charge >= 0.3 is 18.5 Å². The van der Waals surface area contributed by atoms with Gasteiger partial charge in [-0.15, -0.1) is 0 Å². The maximum absolute atomic E-state index is 13.0. The summed E-state index contributed by atoms with van der Waals surface area (Å²) in [6.45, 7) is 5.63. The normalized spacial score (nSPS) is 15.3. The molecule has 0 atom stereocenters. The van der Waals surface area contributed by atoms with E-state index >= 15 is 0 Å². The first-order valence-electron chi connectivity index (χ1n) is 8.92. The van der Waals surface area contributed by atoms with E-state index in [-0.39, 0.29) is 11.5 Å². The summed E-state index contributed by atoms with van der Waals surface area (Å²) in [7, 11) is 2.25. The molecule has 0 bridgehead atoms. The van der Waals surface area contributed by atoms with E-state index in [9.17, 15) is 22.8 Å². The van der Waals surface area contributed by atoms with Crippen LogP contribution in [-0.2, 0) is 25.1 Å². The zero-order chi connectivity index (χ0) is 22.6. The average molecular weight is 429 g/mol. The largest absolute Gasteiger partial charge is 0.513 e. The van der Waals surface area contributed by atoms with Crippen LogP contribution in [0.1, 0.15) is 37.8 Å². The third kappa shape index (κ3) is 4.69. The minimum Gasteiger partial charge on any atom is -0.437 e. The maximum Gasteiger partial charge on any atom is 0.513 e. The predicted octanol–water partition coefficient (Wildman–Crippen LogP) is 5.15. The molecule has 30 heavy (non-hydrogen) atoms. The van der Waals surface area contributed by atoms with Crippen LogP contribution >= 0.6 is 0 Å². The van der Waals surface area contributed by atoms with Gasteiger partial charge in [0.15, 0.2) is 0 Å². The van der Waals surface area contributed by atoms with Gasteiger partial charge in [-0.25, -0.2) is 9.59 Å². The smallest absolute Gasteiger partial charge is 0.437 e. The van der Waals surface area contributed by atoms with Gasteiger partial charge in [-0.1, -0.05) is 12.1 Å². The first-order chi connectivity index (χ1) is 14.0. The molecule has 1 aromatic rings. The highest BCUT2D eigenvalue weighted by atomic mass is 19.4. The molecule has 0 radical (unpaired) electrons. The molecule has 0 fully saturated rings. The number of carbonyl (C=O) groups excluding carboxylic acids is 2. The molecule has 0 unspecified atom stereocenters. The number of methoxy groups -OCH3 is 2. The van der Waals surface area contributed by atoms with Gasteiger partial charge < -0.3 is 23.8 Å². The Balaban J connectivity index is 2.66. The molecule has 10 heteroatoms. The number of allylic oxidation sites excluding steroid dienone is 2. The van der Waals surface area contributed by atoms with Crippen LogP contribution in [0.15, 0.2) is 47.2 Å². The summed E-state index contributed by atoms with van der Waals surface area (Å²) in [4.78, 5) is 25.4. The zero-order valence-electron chi connectivity index (χ0n) is 17.1. The fourth-order valence-electron chi connectivity index (χ4n) is 3.22. The summed E-state index contributed by atoms with van der Waals surface area (Å²) in [6.07, 6.45) is -6.55. The van der Waals surface area contributed by atoms with Crippen molar-refractivity contribution in [1.29, 1.82) is 0 Å². The van der Waals surface area contributed by atoms with Crippen LogP contribution in [-0.4, -0.2) is 38.0 Å². The highest BCUT2D eigenvalue weighted by Gasteiger charge is 2.38. The van der Waals surface area contributed by atoms with Crippen LogP contribution in [0.3, 0.4) is 0 Å². The summed E-state index contributed by atoms with van der Waals surface area (Å²) >= 11 is 0. The Hall–Kier alpha value is -3.17. The van der Waals surface area contributed by atoms with E-state index in [4.69, 9.17) is 9.47 Å². The molecule has 1 aliphatic rings. The van der Waals surface area contributed by atoms with Crippen molar-refractivity contribution < 1.29 is 41.7 Å². The van der Waals surface area contributed by atoms with Crippen molar-refractivity contribution in [3.8, 4) is 0 Å². The van der Waals surface area contributed by atoms with Gasteiger partial charge in [-0.3, -0.25) is 0 Å². The molecule has 2 rings (SSSR count). The molecule has 1 heterocycles. The first-order valence-corrected chi connectivity index (χ1v) is 8.92. The van der Waals surface area contributed by atoms with E-state index in [2.05, 4.69) is 9.47 Å². The molecular formula is C20H22F3NO6. The fourth-order valence-corrected chi connectivity index (χ4v) is 3.22. The fraction of sp³-hybridized carbons (Fsp3) is 0.400. The van der Waals surface area contributed by atoms with Crippen LogP contribution in [0.25, 0.3) is 0 Å². The third-order valence-electron chi connectivity index (χ3n) is 4.65. The molecule has 1 aromatic carbocycles. The van der Waals surface area contributed by atoms with E-state index in [1.165, 1.54) is 12.1 Å². The SMILES string of the molecule is CCN1C(C)=C(OC(=O)OC)C(c2ccc(C(F)(F)F)cc2)C(OC(=O)OC)=C1C. The number of carbonyl (C=O) groups is 2. The predicted molar refractivity (Wildman–Crippen MR) is 98.9 cm³/mol. The number of halogens is 3. The number of hydrogen-bond donors (Lipinski definition) is 0. The Labute approximate surface area is 171 Å². The molecule has 0 saturated carbocycles. The van der Waals surface area contributed by atoms with Crippen LogP contribution in [0.5, 0.6) is 0 Å². The lowest BCUT2D eigenvalue weighted by Gasteiger charge is -2.36. The summed E-state index contributed by atoms with van der Waals surface area (Å²) in [6, 6.07) is 4.27. The number of nitrogens with zero attached hydrogens (tertiary/aromatic N) is 1. The van der Waals surface area contributed by atoms with Crippen LogP contribution in [0.2, 0.25) is 0 Å². The molecule has 0 saturated heterocycles. The molecule has 1 aliphatic heterocycles. The van der Waals surface area contributed by atoms with Gasteiger partial charge in [0.1, 0.15) is 17.4 Å². The van der Waals surface area contributed by atoms with Gasteiger partial charge in [0, 0.05) is 6.54 Å². The van der Waals surface area contributed by atoms with E-state index in [1.807, 2.05) is 6.92 Å². The second kappa shape index (κ2) is 9.10. The van der Waals surface area contributed by atoms with Crippen LogP contribution in [0.4, 0.5) is 22.8 Å². The Morgan fingerprint density at radius 3 is 1.70 bits per heavy atom. The topological polar surface area (TPSA) is 74.3 Å². The minimum absolute atomic E-state index is 0.0629. The van der Waals surface area contributed by atoms with Gasteiger partial charge in [0.25, 0.3) is 0 Å². The second-order valence-electron chi connectivity index (χ2n) is 6.31. The Bertz CT molecular complexity index is 832. The molecule has 0 amide bonds. The van der Waals surface area contributed by atoms with Crippen molar-refractivity contribution in [2.75, 3.05) is 20.8 Å². The summed E-state index contributed by atoms with van der Waals surface area (Å²) < 4.78 is 58.7. The minimum atomic E-state index is -4.52. The van der Waals surface area contributed by atoms with Gasteiger partial charge in [0.2, 0.25) is 0 Å². The number of ether oxygens (including phenoxy) is 4. The summed E-state index contributed by atoms with van der Waals surface area (Å²) in [5.74, 6) is -0.853. The number of rotatable bonds is 4. The van der Waals surface area contributed by atoms with Crippen molar-refractivity contribution in [3.63, 3.8) is 0 Å². The van der Waals surface area contributed by atoms with Gasteiger partial charge in [-0.05, 0) is 38.5 Å². The Morgan fingerprint density at radius 2 is 1.37 bits per heavy atom. The van der Waals surface area contributed by atoms with Crippen molar-refractivity contribution in [3.05, 3.63) is 58.3 Å². The molecule has 0 aromatic heterocycles. The standard InChI is InChI=1S/C20H22F3NO6/c1-6-24-11(2)16(29-18(25)27-4)15(17(12(24)3)30-19(26)28-5)13-7-9-14(10-8-13)20(21,22)23/h7-10,15H,6H2,1-5H3. The molecule has 164 valence electrons. The third-order valence-corrected chi connectivity index (χ3v) is 4.65. The van der Waals surface area contributed by atoms with E-state index in [0.717, 1.165) is 26.4 Å². The first kappa shape index (κ1) is 23.1. The van der Waals surface area contributed by atoms with E-state index in [1.54, 1.807) is 18.7 Å². The quantitative estimate of drug-likeness (QED) is 0.613. The monoisotopic (exact) mass is 429 g/mol. The second-order valence-corrected chi connectivity index (χ2v) is 6.31. The molecule has 0 aliphatic carbocycles. The van der Waals surface area contributed by atoms with Crippen LogP contribution in [0, 0.1) is 0 Å². The molecule has 7 nitrogen and oxygen atoms in total. The number of benzene rings is 1. The maximum atomic E-state index is 13.0. The highest BCUT2D eigenvalue weighted by Crippen LogP contribution is 2.43. The Kier molecular flexibility index (Phi) is 7.01.